The maximum atomic E-state index is 12.0. The molecule has 2 fully saturated rings. The molecule has 1 aliphatic carbocycles. The van der Waals surface area contributed by atoms with E-state index in [1.807, 2.05) is 39.8 Å². The maximum absolute atomic E-state index is 12.0. The van der Waals surface area contributed by atoms with Crippen LogP contribution in [0.3, 0.4) is 0 Å². The summed E-state index contributed by atoms with van der Waals surface area (Å²) in [7, 11) is -0.557. The van der Waals surface area contributed by atoms with Crippen LogP contribution in [-0.4, -0.2) is 73.2 Å². The lowest BCUT2D eigenvalue weighted by atomic mass is 9.79. The summed E-state index contributed by atoms with van der Waals surface area (Å²) in [5, 5.41) is 0. The number of esters is 4. The van der Waals surface area contributed by atoms with Crippen molar-refractivity contribution in [2.45, 2.75) is 97.4 Å². The number of hydrogen-bond acceptors (Lipinski definition) is 11. The molecule has 1 heterocycles. The van der Waals surface area contributed by atoms with Crippen LogP contribution in [0.5, 0.6) is 5.75 Å². The van der Waals surface area contributed by atoms with Crippen LogP contribution < -0.4 is 10.2 Å². The second-order valence-electron chi connectivity index (χ2n) is 10.8. The highest BCUT2D eigenvalue weighted by molar-refractivity contribution is 6.62. The lowest BCUT2D eigenvalue weighted by Gasteiger charge is -2.44. The van der Waals surface area contributed by atoms with Crippen LogP contribution in [0.2, 0.25) is 0 Å². The number of ether oxygens (including phenoxy) is 5. The quantitative estimate of drug-likeness (QED) is 0.269. The molecule has 0 spiro atoms. The zero-order valence-electron chi connectivity index (χ0n) is 23.7. The minimum Gasteiger partial charge on any atom is -0.486 e. The highest BCUT2D eigenvalue weighted by Crippen LogP contribution is 2.37. The molecule has 1 aromatic rings. The van der Waals surface area contributed by atoms with Crippen LogP contribution >= 0.6 is 0 Å². The molecule has 1 saturated heterocycles. The molecule has 11 nitrogen and oxygen atoms in total. The van der Waals surface area contributed by atoms with E-state index in [2.05, 4.69) is 0 Å². The van der Waals surface area contributed by atoms with Gasteiger partial charge in [0, 0.05) is 33.6 Å². The van der Waals surface area contributed by atoms with Crippen molar-refractivity contribution in [1.29, 1.82) is 0 Å². The lowest BCUT2D eigenvalue weighted by Crippen LogP contribution is -2.60. The fourth-order valence-corrected chi connectivity index (χ4v) is 4.61. The highest BCUT2D eigenvalue weighted by atomic mass is 16.7. The van der Waals surface area contributed by atoms with Crippen molar-refractivity contribution in [3.05, 3.63) is 24.3 Å². The van der Waals surface area contributed by atoms with Gasteiger partial charge in [-0.25, -0.2) is 0 Å². The SMILES string of the molecule is CC(=O)OCC1CC(Oc2ccc(B3OC(C)(C)C(C)(C)O3)cc2)C(OC(C)=O)C(OC(C)=O)C1OC(C)=O. The van der Waals surface area contributed by atoms with Gasteiger partial charge in [-0.2, -0.15) is 0 Å². The third-order valence-corrected chi connectivity index (χ3v) is 7.11. The van der Waals surface area contributed by atoms with Crippen LogP contribution in [-0.2, 0) is 47.4 Å². The van der Waals surface area contributed by atoms with Gasteiger partial charge >= 0.3 is 31.0 Å². The van der Waals surface area contributed by atoms with Crippen LogP contribution in [0.4, 0.5) is 0 Å². The lowest BCUT2D eigenvalue weighted by molar-refractivity contribution is -0.213. The second kappa shape index (κ2) is 12.0. The molecule has 5 atom stereocenters. The first-order valence-corrected chi connectivity index (χ1v) is 12.9. The van der Waals surface area contributed by atoms with Gasteiger partial charge in [0.2, 0.25) is 0 Å². The van der Waals surface area contributed by atoms with E-state index in [-0.39, 0.29) is 13.0 Å². The van der Waals surface area contributed by atoms with Crippen molar-refractivity contribution in [1.82, 2.24) is 0 Å². The van der Waals surface area contributed by atoms with Crippen molar-refractivity contribution >= 4 is 36.5 Å². The molecule has 1 aliphatic heterocycles. The number of carbonyl (C=O) groups is 4. The first-order valence-electron chi connectivity index (χ1n) is 12.9. The van der Waals surface area contributed by atoms with Gasteiger partial charge < -0.3 is 33.0 Å². The predicted molar refractivity (Wildman–Crippen MR) is 138 cm³/mol. The van der Waals surface area contributed by atoms with Crippen molar-refractivity contribution in [2.24, 2.45) is 5.92 Å². The summed E-state index contributed by atoms with van der Waals surface area (Å²) >= 11 is 0. The molecule has 39 heavy (non-hydrogen) atoms. The Balaban J connectivity index is 1.89. The van der Waals surface area contributed by atoms with Crippen molar-refractivity contribution < 1.29 is 52.2 Å². The van der Waals surface area contributed by atoms with Gasteiger partial charge in [0.25, 0.3) is 0 Å². The largest absolute Gasteiger partial charge is 0.494 e. The molecule has 0 N–H and O–H groups in total. The van der Waals surface area contributed by atoms with Gasteiger partial charge in [-0.3, -0.25) is 19.2 Å². The third-order valence-electron chi connectivity index (χ3n) is 7.11. The van der Waals surface area contributed by atoms with E-state index in [1.165, 1.54) is 27.7 Å². The number of rotatable bonds is 8. The van der Waals surface area contributed by atoms with E-state index < -0.39 is 72.5 Å². The van der Waals surface area contributed by atoms with E-state index in [0.29, 0.717) is 5.75 Å². The molecule has 3 rings (SSSR count). The Kier molecular flexibility index (Phi) is 9.33. The van der Waals surface area contributed by atoms with Gasteiger partial charge in [0.05, 0.1) is 17.8 Å². The molecule has 0 bridgehead atoms. The van der Waals surface area contributed by atoms with Crippen molar-refractivity contribution in [3.8, 4) is 5.75 Å². The topological polar surface area (TPSA) is 133 Å². The fourth-order valence-electron chi connectivity index (χ4n) is 4.61. The first kappa shape index (κ1) is 30.4. The Hall–Kier alpha value is -3.12. The molecule has 2 aliphatic rings. The third kappa shape index (κ3) is 7.51. The van der Waals surface area contributed by atoms with Crippen molar-refractivity contribution in [3.63, 3.8) is 0 Å². The van der Waals surface area contributed by atoms with E-state index >= 15 is 0 Å². The van der Waals surface area contributed by atoms with Gasteiger partial charge in [0.1, 0.15) is 18.0 Å². The summed E-state index contributed by atoms with van der Waals surface area (Å²) in [6.45, 7) is 12.6. The Morgan fingerprint density at radius 2 is 1.26 bits per heavy atom. The first-order chi connectivity index (χ1) is 18.1. The minimum atomic E-state index is -1.20. The summed E-state index contributed by atoms with van der Waals surface area (Å²) in [6, 6.07) is 7.07. The molecule has 1 saturated carbocycles. The van der Waals surface area contributed by atoms with Crippen LogP contribution in [0.25, 0.3) is 0 Å². The number of carbonyl (C=O) groups excluding carboxylic acids is 4. The average Bonchev–Trinajstić information content (AvgIpc) is 3.02. The predicted octanol–water partition coefficient (Wildman–Crippen LogP) is 2.11. The summed E-state index contributed by atoms with van der Waals surface area (Å²) < 4.78 is 40.2. The summed E-state index contributed by atoms with van der Waals surface area (Å²) in [5.41, 5.74) is -0.192. The number of hydrogen-bond donors (Lipinski definition) is 0. The van der Waals surface area contributed by atoms with Gasteiger partial charge in [-0.1, -0.05) is 12.1 Å². The molecule has 214 valence electrons. The zero-order chi connectivity index (χ0) is 29.1. The summed E-state index contributed by atoms with van der Waals surface area (Å²) in [6.07, 6.45) is -4.00. The molecule has 1 aromatic carbocycles. The Labute approximate surface area is 228 Å². The second-order valence-corrected chi connectivity index (χ2v) is 10.8. The van der Waals surface area contributed by atoms with E-state index in [4.69, 9.17) is 33.0 Å². The van der Waals surface area contributed by atoms with Gasteiger partial charge in [-0.15, -0.1) is 0 Å². The minimum absolute atomic E-state index is 0.126. The maximum Gasteiger partial charge on any atom is 0.494 e. The summed E-state index contributed by atoms with van der Waals surface area (Å²) in [5.74, 6) is -2.64. The smallest absolute Gasteiger partial charge is 0.486 e. The van der Waals surface area contributed by atoms with Crippen LogP contribution in [0.1, 0.15) is 61.8 Å². The van der Waals surface area contributed by atoms with Crippen LogP contribution in [0, 0.1) is 5.92 Å². The van der Waals surface area contributed by atoms with E-state index in [0.717, 1.165) is 5.46 Å². The highest BCUT2D eigenvalue weighted by Gasteiger charge is 2.53. The van der Waals surface area contributed by atoms with E-state index in [9.17, 15) is 19.2 Å². The average molecular weight is 548 g/mol. The fraction of sp³-hybridized carbons (Fsp3) is 0.630. The Bertz CT molecular complexity index is 1050. The monoisotopic (exact) mass is 548 g/mol. The van der Waals surface area contributed by atoms with Crippen LogP contribution in [0.15, 0.2) is 24.3 Å². The normalized spacial score (nSPS) is 27.3. The molecule has 0 radical (unpaired) electrons. The molecule has 0 aromatic heterocycles. The Morgan fingerprint density at radius 3 is 1.74 bits per heavy atom. The van der Waals surface area contributed by atoms with Crippen molar-refractivity contribution in [2.75, 3.05) is 6.61 Å². The standard InChI is InChI=1S/C27H37BO11/c1-15(29)33-14-19-13-22(24(35-17(3)31)25(36-18(4)32)23(19)34-16(2)30)37-21-11-9-20(10-12-21)28-38-26(5,6)27(7,8)39-28/h9-12,19,22-25H,13-14H2,1-8H3. The molecule has 0 amide bonds. The molecule has 5 unspecified atom stereocenters. The molecular formula is C27H37BO11. The number of benzene rings is 1. The molecular weight excluding hydrogens is 511 g/mol. The Morgan fingerprint density at radius 1 is 0.769 bits per heavy atom. The van der Waals surface area contributed by atoms with Gasteiger partial charge in [0.15, 0.2) is 12.2 Å². The van der Waals surface area contributed by atoms with Gasteiger partial charge in [-0.05, 0) is 51.7 Å². The zero-order valence-corrected chi connectivity index (χ0v) is 23.7. The molecule has 12 heteroatoms. The van der Waals surface area contributed by atoms with E-state index in [1.54, 1.807) is 12.1 Å². The summed E-state index contributed by atoms with van der Waals surface area (Å²) in [4.78, 5) is 47.5.